The fourth-order valence-corrected chi connectivity index (χ4v) is 6.45. The molecular weight excluding hydrogens is 466 g/mol. The van der Waals surface area contributed by atoms with Crippen LogP contribution >= 0.6 is 0 Å². The molecule has 2 aliphatic carbocycles. The van der Waals surface area contributed by atoms with Crippen LogP contribution in [0.15, 0.2) is 17.6 Å². The van der Waals surface area contributed by atoms with Gasteiger partial charge >= 0.3 is 12.1 Å². The molecular formula is C26H37N3O5S. The first-order chi connectivity index (χ1) is 16.4. The molecule has 0 radical (unpaired) electrons. The van der Waals surface area contributed by atoms with Crippen molar-refractivity contribution in [3.63, 3.8) is 0 Å². The number of amides is 3. The predicted molar refractivity (Wildman–Crippen MR) is 136 cm³/mol. The Labute approximate surface area is 208 Å². The summed E-state index contributed by atoms with van der Waals surface area (Å²) in [5.41, 5.74) is 4.17. The van der Waals surface area contributed by atoms with Crippen molar-refractivity contribution in [3.8, 4) is 0 Å². The van der Waals surface area contributed by atoms with E-state index in [1.54, 1.807) is 25.7 Å². The molecule has 0 saturated carbocycles. The molecule has 8 nitrogen and oxygen atoms in total. The average Bonchev–Trinajstić information content (AvgIpc) is 3.50. The number of hydrogen-bond acceptors (Lipinski definition) is 5. The summed E-state index contributed by atoms with van der Waals surface area (Å²) < 4.78 is 33.3. The van der Waals surface area contributed by atoms with Gasteiger partial charge in [-0.25, -0.2) is 22.7 Å². The molecule has 1 aromatic rings. The lowest BCUT2D eigenvalue weighted by Crippen LogP contribution is -2.47. The Hall–Kier alpha value is -2.55. The Kier molecular flexibility index (Phi) is 6.92. The number of carbonyl (C=O) groups is 2. The minimum absolute atomic E-state index is 0.462. The number of nitrogens with zero attached hydrogens (tertiary/aromatic N) is 1. The van der Waals surface area contributed by atoms with Gasteiger partial charge in [0.05, 0.1) is 5.54 Å². The van der Waals surface area contributed by atoms with Crippen LogP contribution in [0.1, 0.15) is 82.1 Å². The number of hydrogen-bond donors (Lipinski definition) is 2. The predicted octanol–water partition coefficient (Wildman–Crippen LogP) is 4.81. The minimum Gasteiger partial charge on any atom is -0.444 e. The number of aryl methyl sites for hydroxylation is 2. The lowest BCUT2D eigenvalue weighted by atomic mass is 9.93. The highest BCUT2D eigenvalue weighted by atomic mass is 32.2. The number of likely N-dealkylation sites (tertiary alicyclic amines) is 1. The summed E-state index contributed by atoms with van der Waals surface area (Å²) in [6.07, 6.45) is 8.83. The van der Waals surface area contributed by atoms with Crippen LogP contribution in [0.2, 0.25) is 0 Å². The number of urea groups is 1. The highest BCUT2D eigenvalue weighted by Crippen LogP contribution is 2.39. The molecule has 9 heteroatoms. The second-order valence-electron chi connectivity index (χ2n) is 10.8. The number of sulfonamides is 1. The van der Waals surface area contributed by atoms with Crippen molar-refractivity contribution in [1.29, 1.82) is 0 Å². The number of benzene rings is 1. The van der Waals surface area contributed by atoms with Crippen LogP contribution in [0.3, 0.4) is 0 Å². The molecule has 192 valence electrons. The summed E-state index contributed by atoms with van der Waals surface area (Å²) in [6, 6.07) is 1.50. The van der Waals surface area contributed by atoms with E-state index in [0.717, 1.165) is 67.2 Å². The molecule has 0 spiro atoms. The number of rotatable bonds is 5. The third-order valence-corrected chi connectivity index (χ3v) is 8.22. The van der Waals surface area contributed by atoms with Crippen LogP contribution < -0.4 is 10.0 Å². The highest BCUT2D eigenvalue weighted by molar-refractivity contribution is 7.92. The standard InChI is InChI=1S/C26H37N3O5S/c1-5-26(13-8-15-29(26)24(31)34-25(2,3)4)14-16-35(32,33)28-23(30)27-22-20-11-6-9-18(20)17-19-10-7-12-21(19)22/h14,16-17H,5-13,15H2,1-4H3,(H2,27,28,30)/b16-14+. The van der Waals surface area contributed by atoms with Crippen LogP contribution in [0, 0.1) is 0 Å². The van der Waals surface area contributed by atoms with Gasteiger partial charge in [0.25, 0.3) is 10.0 Å². The van der Waals surface area contributed by atoms with E-state index in [4.69, 9.17) is 4.74 Å². The summed E-state index contributed by atoms with van der Waals surface area (Å²) in [5, 5.41) is 3.87. The zero-order valence-corrected chi connectivity index (χ0v) is 22.0. The summed E-state index contributed by atoms with van der Waals surface area (Å²) in [5.74, 6) is 0. The van der Waals surface area contributed by atoms with Crippen LogP contribution in [0.4, 0.5) is 15.3 Å². The van der Waals surface area contributed by atoms with E-state index in [0.29, 0.717) is 19.4 Å². The van der Waals surface area contributed by atoms with Gasteiger partial charge in [-0.05, 0) is 107 Å². The topological polar surface area (TPSA) is 105 Å². The minimum atomic E-state index is -4.07. The fourth-order valence-electron chi connectivity index (χ4n) is 5.64. The van der Waals surface area contributed by atoms with Gasteiger partial charge in [0, 0.05) is 17.6 Å². The Morgan fingerprint density at radius 3 is 2.29 bits per heavy atom. The van der Waals surface area contributed by atoms with Gasteiger partial charge in [-0.3, -0.25) is 4.90 Å². The lowest BCUT2D eigenvalue weighted by Gasteiger charge is -2.36. The largest absolute Gasteiger partial charge is 0.444 e. The van der Waals surface area contributed by atoms with Crippen LogP contribution in [0.5, 0.6) is 0 Å². The molecule has 1 fully saturated rings. The zero-order valence-electron chi connectivity index (χ0n) is 21.2. The van der Waals surface area contributed by atoms with E-state index in [-0.39, 0.29) is 0 Å². The second-order valence-corrected chi connectivity index (χ2v) is 12.4. The van der Waals surface area contributed by atoms with E-state index in [2.05, 4.69) is 16.1 Å². The molecule has 3 amide bonds. The smallest absolute Gasteiger partial charge is 0.410 e. The normalized spacial score (nSPS) is 21.8. The Morgan fingerprint density at radius 2 is 1.71 bits per heavy atom. The molecule has 1 heterocycles. The first-order valence-corrected chi connectivity index (χ1v) is 14.2. The lowest BCUT2D eigenvalue weighted by molar-refractivity contribution is 0.0142. The molecule has 4 rings (SSSR count). The van der Waals surface area contributed by atoms with Crippen LogP contribution in [-0.4, -0.2) is 43.1 Å². The summed E-state index contributed by atoms with van der Waals surface area (Å²) in [7, 11) is -4.07. The van der Waals surface area contributed by atoms with Crippen molar-refractivity contribution in [1.82, 2.24) is 9.62 Å². The Morgan fingerprint density at radius 1 is 1.09 bits per heavy atom. The van der Waals surface area contributed by atoms with Crippen molar-refractivity contribution < 1.29 is 22.7 Å². The monoisotopic (exact) mass is 503 g/mol. The van der Waals surface area contributed by atoms with Crippen molar-refractivity contribution in [2.45, 2.75) is 96.6 Å². The third kappa shape index (κ3) is 5.50. The number of nitrogens with one attached hydrogen (secondary N) is 2. The van der Waals surface area contributed by atoms with Crippen molar-refractivity contribution >= 4 is 27.8 Å². The first-order valence-electron chi connectivity index (χ1n) is 12.6. The van der Waals surface area contributed by atoms with Gasteiger partial charge in [0.15, 0.2) is 0 Å². The molecule has 2 N–H and O–H groups in total. The Bertz CT molecular complexity index is 1120. The number of ether oxygens (including phenoxy) is 1. The molecule has 0 aromatic heterocycles. The summed E-state index contributed by atoms with van der Waals surface area (Å²) in [4.78, 5) is 27.1. The quantitative estimate of drug-likeness (QED) is 0.600. The van der Waals surface area contributed by atoms with Gasteiger partial charge < -0.3 is 10.1 Å². The van der Waals surface area contributed by atoms with Crippen LogP contribution in [0.25, 0.3) is 0 Å². The number of carbonyl (C=O) groups excluding carboxylic acids is 2. The maximum atomic E-state index is 12.8. The van der Waals surface area contributed by atoms with Gasteiger partial charge in [-0.15, -0.1) is 0 Å². The van der Waals surface area contributed by atoms with Crippen molar-refractivity contribution in [2.24, 2.45) is 0 Å². The van der Waals surface area contributed by atoms with Crippen molar-refractivity contribution in [2.75, 3.05) is 11.9 Å². The number of fused-ring (bicyclic) bond motifs is 2. The molecule has 35 heavy (non-hydrogen) atoms. The van der Waals surface area contributed by atoms with Crippen molar-refractivity contribution in [3.05, 3.63) is 39.8 Å². The molecule has 0 bridgehead atoms. The van der Waals surface area contributed by atoms with E-state index in [1.807, 2.05) is 6.92 Å². The molecule has 1 aromatic carbocycles. The average molecular weight is 504 g/mol. The molecule has 3 aliphatic rings. The van der Waals surface area contributed by atoms with E-state index in [9.17, 15) is 18.0 Å². The van der Waals surface area contributed by atoms with Crippen LogP contribution in [-0.2, 0) is 40.4 Å². The molecule has 1 saturated heterocycles. The first kappa shape index (κ1) is 25.5. The van der Waals surface area contributed by atoms with E-state index in [1.165, 1.54) is 17.2 Å². The van der Waals surface area contributed by atoms with E-state index >= 15 is 0 Å². The zero-order chi connectivity index (χ0) is 25.4. The third-order valence-electron chi connectivity index (χ3n) is 7.26. The van der Waals surface area contributed by atoms with Gasteiger partial charge in [0.1, 0.15) is 5.60 Å². The summed E-state index contributed by atoms with van der Waals surface area (Å²) >= 11 is 0. The van der Waals surface area contributed by atoms with Gasteiger partial charge in [0.2, 0.25) is 0 Å². The Balaban J connectivity index is 1.48. The second kappa shape index (κ2) is 9.48. The van der Waals surface area contributed by atoms with Gasteiger partial charge in [-0.1, -0.05) is 13.0 Å². The molecule has 1 aliphatic heterocycles. The fraction of sp³-hybridized carbons (Fsp3) is 0.615. The highest BCUT2D eigenvalue weighted by Gasteiger charge is 2.42. The molecule has 1 atom stereocenters. The molecule has 1 unspecified atom stereocenters. The van der Waals surface area contributed by atoms with Gasteiger partial charge in [-0.2, -0.15) is 0 Å². The maximum Gasteiger partial charge on any atom is 0.410 e. The maximum absolute atomic E-state index is 12.8. The number of anilines is 1. The SMILES string of the molecule is CCC1(/C=C/S(=O)(=O)NC(=O)Nc2c3c(cc4c2CCC4)CCC3)CCCN1C(=O)OC(C)(C)C. The van der Waals surface area contributed by atoms with E-state index < -0.39 is 33.3 Å². The summed E-state index contributed by atoms with van der Waals surface area (Å²) in [6.45, 7) is 7.81.